The Labute approximate surface area is 111 Å². The van der Waals surface area contributed by atoms with Gasteiger partial charge in [-0.3, -0.25) is 9.59 Å². The van der Waals surface area contributed by atoms with Crippen molar-refractivity contribution in [2.45, 2.75) is 46.6 Å². The molecule has 4 nitrogen and oxygen atoms in total. The number of ether oxygens (including phenoxy) is 1. The quantitative estimate of drug-likeness (QED) is 0.623. The number of carbonyl (C=O) groups is 2. The van der Waals surface area contributed by atoms with Crippen LogP contribution in [0, 0.1) is 12.8 Å². The minimum absolute atomic E-state index is 0.219. The smallest absolute Gasteiger partial charge is 0.309 e. The van der Waals surface area contributed by atoms with Crippen molar-refractivity contribution in [1.82, 2.24) is 4.98 Å². The van der Waals surface area contributed by atoms with Gasteiger partial charge in [-0.1, -0.05) is 6.92 Å². The molecule has 5 heteroatoms. The summed E-state index contributed by atoms with van der Waals surface area (Å²) < 4.78 is 5.32. The van der Waals surface area contributed by atoms with E-state index in [0.29, 0.717) is 11.4 Å². The molecule has 1 rings (SSSR count). The van der Waals surface area contributed by atoms with Gasteiger partial charge in [-0.2, -0.15) is 0 Å². The fourth-order valence-corrected chi connectivity index (χ4v) is 2.46. The maximum absolute atomic E-state index is 11.8. The van der Waals surface area contributed by atoms with E-state index in [1.807, 2.05) is 34.6 Å². The van der Waals surface area contributed by atoms with Crippen LogP contribution in [-0.2, 0) is 16.0 Å². The van der Waals surface area contributed by atoms with Crippen LogP contribution in [0.25, 0.3) is 0 Å². The highest BCUT2D eigenvalue weighted by atomic mass is 32.1. The zero-order valence-electron chi connectivity index (χ0n) is 11.4. The predicted molar refractivity (Wildman–Crippen MR) is 71.0 cm³/mol. The molecule has 1 heterocycles. The minimum Gasteiger partial charge on any atom is -0.460 e. The monoisotopic (exact) mass is 269 g/mol. The number of esters is 1. The Morgan fingerprint density at radius 1 is 1.50 bits per heavy atom. The van der Waals surface area contributed by atoms with E-state index < -0.39 is 5.60 Å². The number of carbonyl (C=O) groups excluding carboxylic acids is 2. The molecule has 0 aromatic carbocycles. The van der Waals surface area contributed by atoms with E-state index in [-0.39, 0.29) is 11.9 Å². The summed E-state index contributed by atoms with van der Waals surface area (Å²) in [5.41, 5.74) is 0.347. The van der Waals surface area contributed by atoms with E-state index in [1.54, 1.807) is 0 Å². The van der Waals surface area contributed by atoms with Crippen molar-refractivity contribution in [3.8, 4) is 0 Å². The number of aryl methyl sites for hydroxylation is 1. The third-order valence-electron chi connectivity index (χ3n) is 2.31. The van der Waals surface area contributed by atoms with Crippen LogP contribution in [0.2, 0.25) is 0 Å². The molecule has 1 atom stereocenters. The molecule has 1 aromatic rings. The van der Waals surface area contributed by atoms with Gasteiger partial charge in [0.2, 0.25) is 0 Å². The minimum atomic E-state index is -0.470. The summed E-state index contributed by atoms with van der Waals surface area (Å²) in [6, 6.07) is 0. The lowest BCUT2D eigenvalue weighted by Crippen LogP contribution is -2.28. The second-order valence-electron chi connectivity index (χ2n) is 5.32. The first-order chi connectivity index (χ1) is 8.23. The number of hydrogen-bond acceptors (Lipinski definition) is 5. The molecule has 0 saturated heterocycles. The topological polar surface area (TPSA) is 56.3 Å². The summed E-state index contributed by atoms with van der Waals surface area (Å²) in [5.74, 6) is -0.453. The van der Waals surface area contributed by atoms with Gasteiger partial charge >= 0.3 is 5.97 Å². The molecule has 0 N–H and O–H groups in total. The van der Waals surface area contributed by atoms with Gasteiger partial charge in [0.15, 0.2) is 11.3 Å². The van der Waals surface area contributed by atoms with Crippen molar-refractivity contribution >= 4 is 23.6 Å². The summed E-state index contributed by atoms with van der Waals surface area (Å²) in [7, 11) is 0. The summed E-state index contributed by atoms with van der Waals surface area (Å²) in [6.07, 6.45) is 1.30. The highest BCUT2D eigenvalue weighted by molar-refractivity contribution is 7.13. The molecule has 0 aliphatic carbocycles. The van der Waals surface area contributed by atoms with E-state index in [9.17, 15) is 9.59 Å². The Balaban J connectivity index is 2.69. The Morgan fingerprint density at radius 3 is 2.56 bits per heavy atom. The van der Waals surface area contributed by atoms with Crippen molar-refractivity contribution in [1.29, 1.82) is 0 Å². The third kappa shape index (κ3) is 4.22. The number of rotatable bonds is 4. The standard InChI is InChI=1S/C13H19NO3S/c1-8(12(16)17-13(3,4)5)6-10-9(2)14-11(7-15)18-10/h7-8H,6H2,1-5H3. The molecule has 0 saturated carbocycles. The molecular formula is C13H19NO3S. The molecule has 100 valence electrons. The van der Waals surface area contributed by atoms with Crippen LogP contribution >= 0.6 is 11.3 Å². The summed E-state index contributed by atoms with van der Waals surface area (Å²) in [6.45, 7) is 9.22. The van der Waals surface area contributed by atoms with Crippen LogP contribution in [-0.4, -0.2) is 22.8 Å². The fourth-order valence-electron chi connectivity index (χ4n) is 1.45. The van der Waals surface area contributed by atoms with Crippen molar-refractivity contribution in [3.63, 3.8) is 0 Å². The summed E-state index contributed by atoms with van der Waals surface area (Å²) >= 11 is 1.34. The molecule has 0 amide bonds. The van der Waals surface area contributed by atoms with Gasteiger partial charge in [0.25, 0.3) is 0 Å². The maximum Gasteiger partial charge on any atom is 0.309 e. The van der Waals surface area contributed by atoms with Gasteiger partial charge < -0.3 is 4.74 Å². The number of aromatic nitrogens is 1. The molecule has 0 radical (unpaired) electrons. The van der Waals surface area contributed by atoms with E-state index in [2.05, 4.69) is 4.98 Å². The van der Waals surface area contributed by atoms with Crippen LogP contribution in [0.4, 0.5) is 0 Å². The molecule has 0 fully saturated rings. The lowest BCUT2D eigenvalue weighted by molar-refractivity contribution is -0.159. The first-order valence-corrected chi connectivity index (χ1v) is 6.69. The Morgan fingerprint density at radius 2 is 2.11 bits per heavy atom. The SMILES string of the molecule is Cc1nc(C=O)sc1CC(C)C(=O)OC(C)(C)C. The second-order valence-corrected chi connectivity index (χ2v) is 6.43. The molecular weight excluding hydrogens is 250 g/mol. The van der Waals surface area contributed by atoms with Crippen LogP contribution in [0.1, 0.15) is 48.1 Å². The van der Waals surface area contributed by atoms with Gasteiger partial charge in [0, 0.05) is 4.88 Å². The molecule has 0 spiro atoms. The number of aldehydes is 1. The number of thiazole rings is 1. The Bertz CT molecular complexity index is 446. The van der Waals surface area contributed by atoms with E-state index >= 15 is 0 Å². The van der Waals surface area contributed by atoms with Gasteiger partial charge in [-0.25, -0.2) is 4.98 Å². The third-order valence-corrected chi connectivity index (χ3v) is 3.42. The normalized spacial score (nSPS) is 13.2. The first-order valence-electron chi connectivity index (χ1n) is 5.87. The summed E-state index contributed by atoms with van der Waals surface area (Å²) in [5, 5.41) is 0.457. The molecule has 0 aliphatic rings. The zero-order valence-corrected chi connectivity index (χ0v) is 12.3. The van der Waals surface area contributed by atoms with Gasteiger partial charge in [0.05, 0.1) is 11.6 Å². The van der Waals surface area contributed by atoms with Crippen LogP contribution in [0.5, 0.6) is 0 Å². The van der Waals surface area contributed by atoms with Crippen molar-refractivity contribution < 1.29 is 14.3 Å². The molecule has 1 unspecified atom stereocenters. The number of hydrogen-bond donors (Lipinski definition) is 0. The van der Waals surface area contributed by atoms with Crippen molar-refractivity contribution in [2.75, 3.05) is 0 Å². The average Bonchev–Trinajstić information content (AvgIpc) is 2.57. The molecule has 18 heavy (non-hydrogen) atoms. The highest BCUT2D eigenvalue weighted by Gasteiger charge is 2.23. The number of nitrogens with zero attached hydrogens (tertiary/aromatic N) is 1. The van der Waals surface area contributed by atoms with E-state index in [0.717, 1.165) is 16.9 Å². The largest absolute Gasteiger partial charge is 0.460 e. The highest BCUT2D eigenvalue weighted by Crippen LogP contribution is 2.22. The Kier molecular flexibility index (Phi) is 4.62. The lowest BCUT2D eigenvalue weighted by Gasteiger charge is -2.22. The zero-order chi connectivity index (χ0) is 13.9. The van der Waals surface area contributed by atoms with E-state index in [4.69, 9.17) is 4.74 Å². The first kappa shape index (κ1) is 14.8. The Hall–Kier alpha value is -1.23. The van der Waals surface area contributed by atoms with Crippen molar-refractivity contribution in [3.05, 3.63) is 15.6 Å². The van der Waals surface area contributed by atoms with Gasteiger partial charge in [-0.05, 0) is 34.1 Å². The van der Waals surface area contributed by atoms with Crippen molar-refractivity contribution in [2.24, 2.45) is 5.92 Å². The van der Waals surface area contributed by atoms with Crippen LogP contribution in [0.15, 0.2) is 0 Å². The van der Waals surface area contributed by atoms with Crippen LogP contribution in [0.3, 0.4) is 0 Å². The summed E-state index contributed by atoms with van der Waals surface area (Å²) in [4.78, 5) is 27.6. The van der Waals surface area contributed by atoms with E-state index in [1.165, 1.54) is 11.3 Å². The fraction of sp³-hybridized carbons (Fsp3) is 0.615. The average molecular weight is 269 g/mol. The van der Waals surface area contributed by atoms with Gasteiger partial charge in [0.1, 0.15) is 5.60 Å². The molecule has 0 bridgehead atoms. The second kappa shape index (κ2) is 5.61. The predicted octanol–water partition coefficient (Wildman–Crippen LogP) is 2.78. The maximum atomic E-state index is 11.8. The molecule has 0 aliphatic heterocycles. The van der Waals surface area contributed by atoms with Crippen LogP contribution < -0.4 is 0 Å². The lowest BCUT2D eigenvalue weighted by atomic mass is 10.1. The molecule has 1 aromatic heterocycles. The van der Waals surface area contributed by atoms with Gasteiger partial charge in [-0.15, -0.1) is 11.3 Å².